The summed E-state index contributed by atoms with van der Waals surface area (Å²) < 4.78 is 79.3. The number of nitrogens with zero attached hydrogens (tertiary/aromatic N) is 2. The van der Waals surface area contributed by atoms with Gasteiger partial charge in [0, 0.05) is 18.9 Å². The summed E-state index contributed by atoms with van der Waals surface area (Å²) in [6, 6.07) is 15.1. The molecule has 3 aromatic rings. The number of piperidine rings is 1. The summed E-state index contributed by atoms with van der Waals surface area (Å²) >= 11 is 0. The van der Waals surface area contributed by atoms with Gasteiger partial charge >= 0.3 is 12.4 Å². The molecule has 0 radical (unpaired) electrons. The van der Waals surface area contributed by atoms with Crippen LogP contribution >= 0.6 is 0 Å². The van der Waals surface area contributed by atoms with Crippen molar-refractivity contribution in [3.05, 3.63) is 101 Å². The smallest absolute Gasteiger partial charge is 0.351 e. The van der Waals surface area contributed by atoms with Crippen molar-refractivity contribution in [2.24, 2.45) is 0 Å². The zero-order chi connectivity index (χ0) is 28.0. The normalized spacial score (nSPS) is 16.2. The number of nitrogens with one attached hydrogen (secondary N) is 1. The molecule has 1 saturated heterocycles. The highest BCUT2D eigenvalue weighted by atomic mass is 19.4. The molecule has 1 aliphatic heterocycles. The molecule has 0 spiro atoms. The quantitative estimate of drug-likeness (QED) is 0.315. The van der Waals surface area contributed by atoms with E-state index in [-0.39, 0.29) is 11.6 Å². The van der Waals surface area contributed by atoms with Gasteiger partial charge < -0.3 is 10.2 Å². The highest BCUT2D eigenvalue weighted by Crippen LogP contribution is 2.36. The third kappa shape index (κ3) is 7.81. The number of amides is 1. The van der Waals surface area contributed by atoms with Gasteiger partial charge in [-0.2, -0.15) is 26.3 Å². The molecule has 0 saturated carbocycles. The van der Waals surface area contributed by atoms with Crippen LogP contribution in [-0.2, 0) is 23.7 Å². The minimum Gasteiger partial charge on any atom is -0.351 e. The molecular formula is C29H29F6N3O. The molecule has 1 fully saturated rings. The molecule has 1 N–H and O–H groups in total. The second kappa shape index (κ2) is 12.2. The van der Waals surface area contributed by atoms with E-state index in [1.165, 1.54) is 5.56 Å². The third-order valence-electron chi connectivity index (χ3n) is 7.11. The standard InChI is InChI=1S/C29H29F6N3O/c30-28(31,32)24-15-20(16-25(17-24)29(33,34)35)18-37-27(39)26(23-7-4-11-36-19-23)10-14-38-12-8-22(9-13-38)21-5-2-1-3-6-21/h1-7,11,15-17,19,22,26H,8-10,12-14,18H2,(H,37,39). The molecule has 1 unspecified atom stereocenters. The van der Waals surface area contributed by atoms with Crippen LogP contribution in [0.25, 0.3) is 0 Å². The summed E-state index contributed by atoms with van der Waals surface area (Å²) in [5.74, 6) is -0.652. The second-order valence-electron chi connectivity index (χ2n) is 9.79. The van der Waals surface area contributed by atoms with Gasteiger partial charge in [-0.05, 0) is 85.8 Å². The Kier molecular flexibility index (Phi) is 8.94. The van der Waals surface area contributed by atoms with Crippen LogP contribution < -0.4 is 5.32 Å². The predicted octanol–water partition coefficient (Wildman–Crippen LogP) is 6.79. The Morgan fingerprint density at radius 1 is 0.923 bits per heavy atom. The van der Waals surface area contributed by atoms with Gasteiger partial charge in [0.15, 0.2) is 0 Å². The molecule has 208 valence electrons. The van der Waals surface area contributed by atoms with E-state index < -0.39 is 41.8 Å². The Morgan fingerprint density at radius 2 is 1.56 bits per heavy atom. The third-order valence-corrected chi connectivity index (χ3v) is 7.11. The van der Waals surface area contributed by atoms with Crippen molar-refractivity contribution < 1.29 is 31.1 Å². The van der Waals surface area contributed by atoms with Crippen molar-refractivity contribution >= 4 is 5.91 Å². The second-order valence-corrected chi connectivity index (χ2v) is 9.79. The lowest BCUT2D eigenvalue weighted by Gasteiger charge is -2.33. The molecular weight excluding hydrogens is 520 g/mol. The summed E-state index contributed by atoms with van der Waals surface area (Å²) in [5.41, 5.74) is -1.16. The molecule has 39 heavy (non-hydrogen) atoms. The Bertz CT molecular complexity index is 1190. The fourth-order valence-corrected chi connectivity index (χ4v) is 4.99. The molecule has 10 heteroatoms. The largest absolute Gasteiger partial charge is 0.416 e. The van der Waals surface area contributed by atoms with Crippen molar-refractivity contribution in [1.29, 1.82) is 0 Å². The van der Waals surface area contributed by atoms with Crippen LogP contribution in [-0.4, -0.2) is 35.4 Å². The first-order valence-electron chi connectivity index (χ1n) is 12.7. The number of hydrogen-bond donors (Lipinski definition) is 1. The predicted molar refractivity (Wildman–Crippen MR) is 135 cm³/mol. The SMILES string of the molecule is O=C(NCc1cc(C(F)(F)F)cc(C(F)(F)F)c1)C(CCN1CCC(c2ccccc2)CC1)c1cccnc1. The minimum absolute atomic E-state index is 0.0741. The van der Waals surface area contributed by atoms with E-state index in [1.54, 1.807) is 24.5 Å². The molecule has 1 atom stereocenters. The molecule has 2 heterocycles. The number of hydrogen-bond acceptors (Lipinski definition) is 3. The van der Waals surface area contributed by atoms with Gasteiger partial charge in [0.1, 0.15) is 0 Å². The maximum Gasteiger partial charge on any atom is 0.416 e. The van der Waals surface area contributed by atoms with Gasteiger partial charge in [0.2, 0.25) is 5.91 Å². The van der Waals surface area contributed by atoms with Crippen LogP contribution in [0.3, 0.4) is 0 Å². The van der Waals surface area contributed by atoms with Crippen LogP contribution in [0.15, 0.2) is 73.1 Å². The summed E-state index contributed by atoms with van der Waals surface area (Å²) in [7, 11) is 0. The number of likely N-dealkylation sites (tertiary alicyclic amines) is 1. The number of halogens is 6. The lowest BCUT2D eigenvalue weighted by atomic mass is 9.89. The van der Waals surface area contributed by atoms with Gasteiger partial charge in [-0.25, -0.2) is 0 Å². The monoisotopic (exact) mass is 549 g/mol. The first kappa shape index (κ1) is 28.6. The van der Waals surface area contributed by atoms with Crippen LogP contribution in [0, 0.1) is 0 Å². The summed E-state index contributed by atoms with van der Waals surface area (Å²) in [4.78, 5) is 19.5. The zero-order valence-corrected chi connectivity index (χ0v) is 21.1. The van der Waals surface area contributed by atoms with Gasteiger partial charge in [0.25, 0.3) is 0 Å². The highest BCUT2D eigenvalue weighted by Gasteiger charge is 2.37. The lowest BCUT2D eigenvalue weighted by Crippen LogP contribution is -2.36. The highest BCUT2D eigenvalue weighted by molar-refractivity contribution is 5.83. The number of rotatable bonds is 8. The van der Waals surface area contributed by atoms with E-state index >= 15 is 0 Å². The van der Waals surface area contributed by atoms with Crippen molar-refractivity contribution in [2.75, 3.05) is 19.6 Å². The van der Waals surface area contributed by atoms with Crippen molar-refractivity contribution in [3.8, 4) is 0 Å². The van der Waals surface area contributed by atoms with Crippen molar-refractivity contribution in [3.63, 3.8) is 0 Å². The van der Waals surface area contributed by atoms with E-state index in [0.29, 0.717) is 36.6 Å². The molecule has 4 rings (SSSR count). The summed E-state index contributed by atoms with van der Waals surface area (Å²) in [5, 5.41) is 2.55. The number of carbonyl (C=O) groups excluding carboxylic acids is 1. The maximum atomic E-state index is 13.2. The summed E-state index contributed by atoms with van der Waals surface area (Å²) in [6.07, 6.45) is -4.37. The molecule has 0 bridgehead atoms. The fraction of sp³-hybridized carbons (Fsp3) is 0.379. The molecule has 1 aliphatic rings. The maximum absolute atomic E-state index is 13.2. The number of carbonyl (C=O) groups is 1. The van der Waals surface area contributed by atoms with Gasteiger partial charge in [-0.15, -0.1) is 0 Å². The summed E-state index contributed by atoms with van der Waals surface area (Å²) in [6.45, 7) is 1.89. The van der Waals surface area contributed by atoms with Gasteiger partial charge in [-0.3, -0.25) is 9.78 Å². The van der Waals surface area contributed by atoms with E-state index in [0.717, 1.165) is 25.9 Å². The van der Waals surface area contributed by atoms with Crippen LogP contribution in [0.5, 0.6) is 0 Å². The molecule has 0 aliphatic carbocycles. The molecule has 2 aromatic carbocycles. The molecule has 4 nitrogen and oxygen atoms in total. The first-order valence-corrected chi connectivity index (χ1v) is 12.7. The molecule has 1 aromatic heterocycles. The number of alkyl halides is 6. The first-order chi connectivity index (χ1) is 18.5. The van der Waals surface area contributed by atoms with Crippen LogP contribution in [0.4, 0.5) is 26.3 Å². The van der Waals surface area contributed by atoms with E-state index in [2.05, 4.69) is 27.3 Å². The van der Waals surface area contributed by atoms with Crippen molar-refractivity contribution in [1.82, 2.24) is 15.2 Å². The molecule has 1 amide bonds. The number of benzene rings is 2. The van der Waals surface area contributed by atoms with E-state index in [1.807, 2.05) is 18.2 Å². The van der Waals surface area contributed by atoms with Crippen LogP contribution in [0.1, 0.15) is 58.9 Å². The Labute approximate surface area is 223 Å². The van der Waals surface area contributed by atoms with Crippen LogP contribution in [0.2, 0.25) is 0 Å². The zero-order valence-electron chi connectivity index (χ0n) is 21.1. The number of aromatic nitrogens is 1. The number of pyridine rings is 1. The van der Waals surface area contributed by atoms with E-state index in [9.17, 15) is 31.1 Å². The lowest BCUT2D eigenvalue weighted by molar-refractivity contribution is -0.143. The topological polar surface area (TPSA) is 45.2 Å². The van der Waals surface area contributed by atoms with Crippen molar-refractivity contribution in [2.45, 2.75) is 50.0 Å². The average Bonchev–Trinajstić information content (AvgIpc) is 2.92. The Hall–Kier alpha value is -3.40. The minimum atomic E-state index is -4.95. The van der Waals surface area contributed by atoms with Gasteiger partial charge in [-0.1, -0.05) is 36.4 Å². The van der Waals surface area contributed by atoms with E-state index in [4.69, 9.17) is 0 Å². The fourth-order valence-electron chi connectivity index (χ4n) is 4.99. The Morgan fingerprint density at radius 3 is 2.13 bits per heavy atom. The average molecular weight is 550 g/mol. The van der Waals surface area contributed by atoms with Gasteiger partial charge in [0.05, 0.1) is 17.0 Å². The Balaban J connectivity index is 1.42.